The third-order valence-corrected chi connectivity index (χ3v) is 14.8. The molecule has 1 aromatic heterocycles. The number of hydrogen-bond donors (Lipinski definition) is 11. The predicted molar refractivity (Wildman–Crippen MR) is 306 cm³/mol. The molecular weight excluding hydrogens is 1030 g/mol. The second kappa shape index (κ2) is 28.9. The minimum absolute atomic E-state index is 0.00698. The molecule has 7 rings (SSSR count). The maximum absolute atomic E-state index is 15.2. The monoisotopic (exact) mass is 1110 g/mol. The summed E-state index contributed by atoms with van der Waals surface area (Å²) in [6.07, 6.45) is 3.38. The Hall–Kier alpha value is -8.82. The van der Waals surface area contributed by atoms with E-state index in [-0.39, 0.29) is 77.0 Å². The van der Waals surface area contributed by atoms with Crippen molar-refractivity contribution in [1.29, 1.82) is 0 Å². The van der Waals surface area contributed by atoms with Gasteiger partial charge in [-0.2, -0.15) is 0 Å². The molecule has 2 fully saturated rings. The number of nitrogens with two attached hydrogens (primary N) is 3. The minimum atomic E-state index is -1.52. The Kier molecular flexibility index (Phi) is 21.3. The molecule has 9 amide bonds. The third kappa shape index (κ3) is 16.9. The summed E-state index contributed by atoms with van der Waals surface area (Å²) in [5.74, 6) is -6.98. The van der Waals surface area contributed by atoms with Gasteiger partial charge in [-0.15, -0.1) is 0 Å². The number of aliphatic imine (C=N–C) groups is 1. The van der Waals surface area contributed by atoms with E-state index >= 15 is 14.4 Å². The van der Waals surface area contributed by atoms with Crippen LogP contribution in [0.3, 0.4) is 0 Å². The summed E-state index contributed by atoms with van der Waals surface area (Å²) in [5, 5.41) is 22.1. The quantitative estimate of drug-likeness (QED) is 0.0385. The van der Waals surface area contributed by atoms with Crippen LogP contribution in [0.15, 0.2) is 108 Å². The highest BCUT2D eigenvalue weighted by Crippen LogP contribution is 2.33. The van der Waals surface area contributed by atoms with Gasteiger partial charge >= 0.3 is 0 Å². The molecule has 0 radical (unpaired) electrons. The SMILES string of the molecule is CCCC[C@H](NC(C)=O)C(=O)N[C@H]1CC(=O)NCCCC[C@@H](C(N)=O)NC(=O)[C@H](Cc2c[nH]c3ccccc23)NC(=O)[C@H](CCCN=C(N)N)NC(=O)[C@@H](Cc2ccc3ccccc3c2)NC(=O)[C@@H]2C[C@@H](c3ccccc3)CN2C1=O. The largest absolute Gasteiger partial charge is 0.370 e. The normalized spacial score (nSPS) is 22.2. The zero-order valence-corrected chi connectivity index (χ0v) is 45.8. The van der Waals surface area contributed by atoms with E-state index in [1.807, 2.05) is 104 Å². The smallest absolute Gasteiger partial charge is 0.246 e. The van der Waals surface area contributed by atoms with Crippen molar-refractivity contribution >= 4 is 80.8 Å². The van der Waals surface area contributed by atoms with E-state index in [1.54, 1.807) is 6.20 Å². The van der Waals surface area contributed by atoms with Crippen LogP contribution >= 0.6 is 0 Å². The zero-order chi connectivity index (χ0) is 58.0. The van der Waals surface area contributed by atoms with Gasteiger partial charge in [0.1, 0.15) is 42.3 Å². The van der Waals surface area contributed by atoms with Crippen LogP contribution in [-0.4, -0.2) is 131 Å². The fourth-order valence-electron chi connectivity index (χ4n) is 10.5. The molecule has 5 aromatic rings. The van der Waals surface area contributed by atoms with Gasteiger partial charge in [0.2, 0.25) is 53.2 Å². The van der Waals surface area contributed by atoms with Gasteiger partial charge < -0.3 is 64.3 Å². The number of hydrogen-bond acceptors (Lipinski definition) is 10. The topological polar surface area (TPSA) is 347 Å². The number of primary amides is 1. The number of benzene rings is 4. The number of nitrogens with zero attached hydrogens (tertiary/aromatic N) is 2. The number of fused-ring (bicyclic) bond motifs is 3. The van der Waals surface area contributed by atoms with Crippen LogP contribution in [0.25, 0.3) is 21.7 Å². The van der Waals surface area contributed by atoms with Gasteiger partial charge in [-0.3, -0.25) is 48.1 Å². The van der Waals surface area contributed by atoms with Crippen LogP contribution in [0, 0.1) is 0 Å². The number of nitrogens with one attached hydrogen (secondary N) is 8. The Labute approximate surface area is 470 Å². The molecular formula is C59H75N13O9. The molecule has 14 N–H and O–H groups in total. The fraction of sp³-hybridized carbons (Fsp3) is 0.424. The lowest BCUT2D eigenvalue weighted by atomic mass is 9.96. The summed E-state index contributed by atoms with van der Waals surface area (Å²) >= 11 is 0. The number of aromatic nitrogens is 1. The van der Waals surface area contributed by atoms with Crippen LogP contribution in [0.5, 0.6) is 0 Å². The molecule has 2 saturated heterocycles. The fourth-order valence-corrected chi connectivity index (χ4v) is 10.5. The van der Waals surface area contributed by atoms with E-state index < -0.39 is 108 Å². The molecule has 3 heterocycles. The first-order valence-corrected chi connectivity index (χ1v) is 27.8. The van der Waals surface area contributed by atoms with Crippen molar-refractivity contribution in [3.8, 4) is 0 Å². The molecule has 0 unspecified atom stereocenters. The molecule has 22 nitrogen and oxygen atoms in total. The second-order valence-corrected chi connectivity index (χ2v) is 20.9. The summed E-state index contributed by atoms with van der Waals surface area (Å²) in [6, 6.07) is 20.8. The Morgan fingerprint density at radius 2 is 1.43 bits per heavy atom. The predicted octanol–water partition coefficient (Wildman–Crippen LogP) is 1.84. The third-order valence-electron chi connectivity index (χ3n) is 14.8. The van der Waals surface area contributed by atoms with Crippen molar-refractivity contribution < 1.29 is 43.2 Å². The van der Waals surface area contributed by atoms with Crippen LogP contribution in [0.4, 0.5) is 0 Å². The van der Waals surface area contributed by atoms with Gasteiger partial charge in [0.15, 0.2) is 5.96 Å². The lowest BCUT2D eigenvalue weighted by Gasteiger charge is -2.31. The maximum atomic E-state index is 15.2. The Morgan fingerprint density at radius 3 is 2.17 bits per heavy atom. The van der Waals surface area contributed by atoms with Crippen molar-refractivity contribution in [3.05, 3.63) is 120 Å². The van der Waals surface area contributed by atoms with E-state index in [4.69, 9.17) is 17.2 Å². The number of amides is 9. The van der Waals surface area contributed by atoms with Crippen molar-refractivity contribution in [2.45, 2.75) is 139 Å². The summed E-state index contributed by atoms with van der Waals surface area (Å²) in [4.78, 5) is 137. The van der Waals surface area contributed by atoms with Gasteiger partial charge in [-0.1, -0.05) is 111 Å². The lowest BCUT2D eigenvalue weighted by Crippen LogP contribution is -2.60. The number of guanidine groups is 1. The Morgan fingerprint density at radius 1 is 0.753 bits per heavy atom. The number of rotatable bonds is 16. The van der Waals surface area contributed by atoms with Crippen molar-refractivity contribution in [2.75, 3.05) is 19.6 Å². The summed E-state index contributed by atoms with van der Waals surface area (Å²) in [7, 11) is 0. The number of H-pyrrole nitrogens is 1. The van der Waals surface area contributed by atoms with E-state index in [9.17, 15) is 28.8 Å². The maximum Gasteiger partial charge on any atom is 0.246 e. The van der Waals surface area contributed by atoms with Gasteiger partial charge in [0, 0.05) is 62.4 Å². The molecule has 8 atom stereocenters. The highest BCUT2D eigenvalue weighted by atomic mass is 16.2. The molecule has 0 spiro atoms. The highest BCUT2D eigenvalue weighted by Gasteiger charge is 2.44. The number of aromatic amines is 1. The van der Waals surface area contributed by atoms with Crippen LogP contribution in [-0.2, 0) is 56.0 Å². The molecule has 81 heavy (non-hydrogen) atoms. The van der Waals surface area contributed by atoms with Crippen molar-refractivity contribution in [1.82, 2.24) is 47.1 Å². The summed E-state index contributed by atoms with van der Waals surface area (Å²) < 4.78 is 0. The van der Waals surface area contributed by atoms with E-state index in [0.29, 0.717) is 30.4 Å². The molecule has 0 saturated carbocycles. The highest BCUT2D eigenvalue weighted by molar-refractivity contribution is 5.99. The first-order chi connectivity index (χ1) is 39.0. The number of carbonyl (C=O) groups excluding carboxylic acids is 9. The minimum Gasteiger partial charge on any atom is -0.370 e. The van der Waals surface area contributed by atoms with Gasteiger partial charge in [0.25, 0.3) is 0 Å². The molecule has 2 aliphatic rings. The number of unbranched alkanes of at least 4 members (excludes halogenated alkanes) is 1. The lowest BCUT2D eigenvalue weighted by molar-refractivity contribution is -0.143. The molecule has 430 valence electrons. The van der Waals surface area contributed by atoms with Crippen molar-refractivity contribution in [2.24, 2.45) is 22.2 Å². The van der Waals surface area contributed by atoms with E-state index in [2.05, 4.69) is 47.2 Å². The first kappa shape index (κ1) is 59.8. The molecule has 2 aliphatic heterocycles. The molecule has 4 aromatic carbocycles. The Balaban J connectivity index is 1.29. The molecule has 0 aliphatic carbocycles. The van der Waals surface area contributed by atoms with Crippen LogP contribution < -0.4 is 54.4 Å². The average molecular weight is 1110 g/mol. The Bertz CT molecular complexity index is 3090. The van der Waals surface area contributed by atoms with E-state index in [0.717, 1.165) is 27.2 Å². The van der Waals surface area contributed by atoms with Crippen LogP contribution in [0.2, 0.25) is 0 Å². The standard InChI is InChI=1S/C59H75N13O9/c1-3-4-20-45(66-35(2)73)53(76)71-49-32-51(74)63-26-13-12-22-44(52(60)75)67-56(79)48(30-40-33-65-43-21-11-10-19-42(40)43)69-54(77)46(23-14-27-64-59(61)62)68-55(78)47(29-36-24-25-38-17-8-9-18-39(38)28-36)70-57(80)50-31-41(34-72(50)58(49)81)37-15-6-5-7-16-37/h5-11,15-19,21,24-25,28,33,41,44-50,65H,3-4,12-14,20,22-23,26-27,29-32,34H2,1-2H3,(H2,60,75)(H,63,74)(H,66,73)(H,67,79)(H,68,78)(H,69,77)(H,70,80)(H,71,76)(H4,61,62,64)/t41-,44+,45+,46+,47-,48+,49+,50+/m1/s1. The van der Waals surface area contributed by atoms with Gasteiger partial charge in [0.05, 0.1) is 6.42 Å². The van der Waals surface area contributed by atoms with Gasteiger partial charge in [-0.05, 0) is 78.5 Å². The second-order valence-electron chi connectivity index (χ2n) is 20.9. The average Bonchev–Trinajstić information content (AvgIpc) is 4.21. The van der Waals surface area contributed by atoms with E-state index in [1.165, 1.54) is 11.8 Å². The first-order valence-electron chi connectivity index (χ1n) is 27.8. The van der Waals surface area contributed by atoms with Crippen molar-refractivity contribution in [3.63, 3.8) is 0 Å². The summed E-state index contributed by atoms with van der Waals surface area (Å²) in [5.41, 5.74) is 20.1. The number of para-hydroxylation sites is 1. The summed E-state index contributed by atoms with van der Waals surface area (Å²) in [6.45, 7) is 3.32. The van der Waals surface area contributed by atoms with Crippen LogP contribution in [0.1, 0.15) is 101 Å². The zero-order valence-electron chi connectivity index (χ0n) is 45.8. The van der Waals surface area contributed by atoms with Gasteiger partial charge in [-0.25, -0.2) is 0 Å². The molecule has 0 bridgehead atoms. The number of carbonyl (C=O) groups is 9. The molecule has 22 heteroatoms.